The van der Waals surface area contributed by atoms with E-state index in [9.17, 15) is 4.79 Å². The molecule has 0 unspecified atom stereocenters. The van der Waals surface area contributed by atoms with Gasteiger partial charge in [0.1, 0.15) is 11.6 Å². The monoisotopic (exact) mass is 550 g/mol. The number of piperazine rings is 1. The summed E-state index contributed by atoms with van der Waals surface area (Å²) < 4.78 is 9.28. The lowest BCUT2D eigenvalue weighted by atomic mass is 9.96. The molecular formula is C33H38N6O2. The Morgan fingerprint density at radius 2 is 1.54 bits per heavy atom. The summed E-state index contributed by atoms with van der Waals surface area (Å²) in [6, 6.07) is 27.5. The molecule has 0 N–H and O–H groups in total. The third-order valence-corrected chi connectivity index (χ3v) is 8.21. The predicted octanol–water partition coefficient (Wildman–Crippen LogP) is 4.80. The molecule has 0 amide bonds. The van der Waals surface area contributed by atoms with Crippen molar-refractivity contribution >= 4 is 16.7 Å². The van der Waals surface area contributed by atoms with E-state index in [2.05, 4.69) is 87.6 Å². The molecule has 212 valence electrons. The molecule has 6 rings (SSSR count). The Morgan fingerprint density at radius 1 is 0.854 bits per heavy atom. The molecule has 0 saturated carbocycles. The fraction of sp³-hybridized carbons (Fsp3) is 0.364. The van der Waals surface area contributed by atoms with E-state index in [0.29, 0.717) is 23.5 Å². The summed E-state index contributed by atoms with van der Waals surface area (Å²) in [5.74, 6) is 2.18. The van der Waals surface area contributed by atoms with E-state index in [1.807, 2.05) is 22.6 Å². The predicted molar refractivity (Wildman–Crippen MR) is 163 cm³/mol. The van der Waals surface area contributed by atoms with Gasteiger partial charge >= 0.3 is 0 Å². The van der Waals surface area contributed by atoms with Crippen molar-refractivity contribution in [3.05, 3.63) is 106 Å². The molecule has 1 aliphatic rings. The Labute approximate surface area is 240 Å². The summed E-state index contributed by atoms with van der Waals surface area (Å²) >= 11 is 0. The van der Waals surface area contributed by atoms with Crippen LogP contribution in [0.4, 0.5) is 0 Å². The molecule has 0 spiro atoms. The number of aromatic nitrogens is 4. The summed E-state index contributed by atoms with van der Waals surface area (Å²) in [5.41, 5.74) is 3.46. The van der Waals surface area contributed by atoms with E-state index >= 15 is 0 Å². The number of benzene rings is 3. The number of hydrogen-bond acceptors (Lipinski definition) is 6. The fourth-order valence-corrected chi connectivity index (χ4v) is 6.14. The molecule has 2 aromatic heterocycles. The minimum absolute atomic E-state index is 0.0415. The summed E-state index contributed by atoms with van der Waals surface area (Å²) in [4.78, 5) is 18.8. The van der Waals surface area contributed by atoms with Gasteiger partial charge in [0.25, 0.3) is 5.56 Å². The maximum atomic E-state index is 13.7. The molecule has 0 bridgehead atoms. The molecule has 3 heterocycles. The van der Waals surface area contributed by atoms with E-state index in [-0.39, 0.29) is 11.6 Å². The van der Waals surface area contributed by atoms with Crippen LogP contribution < -0.4 is 10.3 Å². The molecule has 8 heteroatoms. The number of fused-ring (bicyclic) bond motifs is 3. The number of ether oxygens (including phenoxy) is 1. The smallest absolute Gasteiger partial charge is 0.262 e. The van der Waals surface area contributed by atoms with E-state index in [1.54, 1.807) is 11.7 Å². The van der Waals surface area contributed by atoms with Crippen molar-refractivity contribution in [2.75, 3.05) is 39.8 Å². The summed E-state index contributed by atoms with van der Waals surface area (Å²) in [6.07, 6.45) is 2.62. The van der Waals surface area contributed by atoms with Crippen LogP contribution >= 0.6 is 0 Å². The van der Waals surface area contributed by atoms with Gasteiger partial charge in [-0.2, -0.15) is 0 Å². The van der Waals surface area contributed by atoms with Gasteiger partial charge in [-0.3, -0.25) is 18.7 Å². The fourth-order valence-electron chi connectivity index (χ4n) is 6.14. The van der Waals surface area contributed by atoms with Crippen LogP contribution in [0.15, 0.2) is 83.7 Å². The topological polar surface area (TPSA) is 67.9 Å². The zero-order valence-corrected chi connectivity index (χ0v) is 23.9. The molecule has 0 radical (unpaired) electrons. The van der Waals surface area contributed by atoms with E-state index in [0.717, 1.165) is 63.3 Å². The van der Waals surface area contributed by atoms with Crippen molar-refractivity contribution in [2.24, 2.45) is 0 Å². The molecule has 5 aromatic rings. The van der Waals surface area contributed by atoms with Gasteiger partial charge in [-0.1, -0.05) is 67.6 Å². The highest BCUT2D eigenvalue weighted by atomic mass is 16.5. The van der Waals surface area contributed by atoms with Crippen LogP contribution in [0.1, 0.15) is 42.8 Å². The third kappa shape index (κ3) is 5.49. The molecule has 1 saturated heterocycles. The van der Waals surface area contributed by atoms with Gasteiger partial charge in [-0.25, -0.2) is 0 Å². The quantitative estimate of drug-likeness (QED) is 0.249. The Kier molecular flexibility index (Phi) is 8.11. The maximum absolute atomic E-state index is 13.7. The highest BCUT2D eigenvalue weighted by molar-refractivity contribution is 5.82. The second-order valence-electron chi connectivity index (χ2n) is 10.8. The summed E-state index contributed by atoms with van der Waals surface area (Å²) in [7, 11) is 1.63. The van der Waals surface area contributed by atoms with Gasteiger partial charge in [-0.05, 0) is 48.7 Å². The van der Waals surface area contributed by atoms with Crippen molar-refractivity contribution in [3.8, 4) is 5.75 Å². The summed E-state index contributed by atoms with van der Waals surface area (Å²) in [6.45, 7) is 7.65. The Morgan fingerprint density at radius 3 is 2.17 bits per heavy atom. The number of nitrogens with zero attached hydrogens (tertiary/aromatic N) is 6. The first kappa shape index (κ1) is 27.2. The van der Waals surface area contributed by atoms with Crippen LogP contribution in [-0.4, -0.2) is 68.8 Å². The SMILES string of the molecule is CCCc1nnc2n(CCCN3CCN(C(c4ccccc4)c4ccccc4)CC3)c(=O)c3cc(OC)ccc3n12. The van der Waals surface area contributed by atoms with Crippen LogP contribution in [0, 0.1) is 0 Å². The molecule has 41 heavy (non-hydrogen) atoms. The number of aryl methyl sites for hydroxylation is 2. The zero-order valence-electron chi connectivity index (χ0n) is 23.9. The minimum atomic E-state index is -0.0415. The largest absolute Gasteiger partial charge is 0.497 e. The third-order valence-electron chi connectivity index (χ3n) is 8.21. The highest BCUT2D eigenvalue weighted by Gasteiger charge is 2.26. The van der Waals surface area contributed by atoms with Crippen molar-refractivity contribution in [1.29, 1.82) is 0 Å². The number of methoxy groups -OCH3 is 1. The zero-order chi connectivity index (χ0) is 28.2. The first-order chi connectivity index (χ1) is 20.2. The minimum Gasteiger partial charge on any atom is -0.497 e. The van der Waals surface area contributed by atoms with E-state index in [1.165, 1.54) is 11.1 Å². The molecule has 1 aliphatic heterocycles. The Hall–Kier alpha value is -4.01. The number of hydrogen-bond donors (Lipinski definition) is 0. The lowest BCUT2D eigenvalue weighted by Gasteiger charge is -2.39. The average molecular weight is 551 g/mol. The van der Waals surface area contributed by atoms with Gasteiger partial charge in [0.05, 0.1) is 24.1 Å². The molecule has 0 aliphatic carbocycles. The normalized spacial score (nSPS) is 14.8. The van der Waals surface area contributed by atoms with Gasteiger partial charge in [0.2, 0.25) is 5.78 Å². The Bertz CT molecular complexity index is 1620. The standard InChI is InChI=1S/C33H38N6O2/c1-3-11-30-34-35-33-38(32(40)28-24-27(41-2)16-17-29(28)39(30)33)19-10-18-36-20-22-37(23-21-36)31(25-12-6-4-7-13-25)26-14-8-5-9-15-26/h4-9,12-17,24,31H,3,10-11,18-23H2,1-2H3. The van der Waals surface area contributed by atoms with Gasteiger partial charge in [0, 0.05) is 39.1 Å². The van der Waals surface area contributed by atoms with Gasteiger partial charge < -0.3 is 9.64 Å². The lowest BCUT2D eigenvalue weighted by molar-refractivity contribution is 0.108. The first-order valence-electron chi connectivity index (χ1n) is 14.7. The van der Waals surface area contributed by atoms with Crippen LogP contribution in [0.2, 0.25) is 0 Å². The molecule has 0 atom stereocenters. The van der Waals surface area contributed by atoms with Crippen molar-refractivity contribution in [1.82, 2.24) is 29.0 Å². The molecule has 8 nitrogen and oxygen atoms in total. The van der Waals surface area contributed by atoms with E-state index in [4.69, 9.17) is 4.74 Å². The van der Waals surface area contributed by atoms with Crippen LogP contribution in [0.3, 0.4) is 0 Å². The van der Waals surface area contributed by atoms with Gasteiger partial charge in [0.15, 0.2) is 0 Å². The van der Waals surface area contributed by atoms with Crippen LogP contribution in [0.25, 0.3) is 16.7 Å². The Balaban J connectivity index is 1.17. The average Bonchev–Trinajstić information content (AvgIpc) is 3.44. The lowest BCUT2D eigenvalue weighted by Crippen LogP contribution is -2.48. The molecule has 1 fully saturated rings. The second kappa shape index (κ2) is 12.2. The number of rotatable bonds is 10. The first-order valence-corrected chi connectivity index (χ1v) is 14.7. The van der Waals surface area contributed by atoms with Crippen LogP contribution in [0.5, 0.6) is 5.75 Å². The van der Waals surface area contributed by atoms with E-state index < -0.39 is 0 Å². The van der Waals surface area contributed by atoms with Crippen molar-refractivity contribution < 1.29 is 4.74 Å². The van der Waals surface area contributed by atoms with Crippen molar-refractivity contribution in [2.45, 2.75) is 38.8 Å². The second-order valence-corrected chi connectivity index (χ2v) is 10.8. The summed E-state index contributed by atoms with van der Waals surface area (Å²) in [5, 5.41) is 9.56. The van der Waals surface area contributed by atoms with Crippen LogP contribution in [-0.2, 0) is 13.0 Å². The molecular weight excluding hydrogens is 512 g/mol. The van der Waals surface area contributed by atoms with Gasteiger partial charge in [-0.15, -0.1) is 10.2 Å². The van der Waals surface area contributed by atoms with Crippen molar-refractivity contribution in [3.63, 3.8) is 0 Å². The molecule has 3 aromatic carbocycles. The maximum Gasteiger partial charge on any atom is 0.262 e. The highest BCUT2D eigenvalue weighted by Crippen LogP contribution is 2.29.